The minimum atomic E-state index is -4.74. The van der Waals surface area contributed by atoms with Crippen LogP contribution in [0.4, 0.5) is 0 Å². The van der Waals surface area contributed by atoms with Gasteiger partial charge in [-0.15, -0.1) is 0 Å². The molecule has 0 bridgehead atoms. The number of hydrogen-bond acceptors (Lipinski definition) is 10. The minimum Gasteiger partial charge on any atom is -0.548 e. The Morgan fingerprint density at radius 2 is 0.945 bits per heavy atom. The first-order valence-corrected chi connectivity index (χ1v) is 22.8. The van der Waals surface area contributed by atoms with E-state index in [-0.39, 0.29) is 49.0 Å². The van der Waals surface area contributed by atoms with E-state index < -0.39 is 51.1 Å². The summed E-state index contributed by atoms with van der Waals surface area (Å²) in [6, 6.07) is -1.63. The summed E-state index contributed by atoms with van der Waals surface area (Å²) in [5.41, 5.74) is 5.26. The van der Waals surface area contributed by atoms with Crippen molar-refractivity contribution in [3.05, 3.63) is 24.3 Å². The topological polar surface area (TPSA) is 175 Å². The van der Waals surface area contributed by atoms with Crippen molar-refractivity contribution in [1.29, 1.82) is 0 Å². The van der Waals surface area contributed by atoms with Crippen LogP contribution in [-0.2, 0) is 37.5 Å². The fourth-order valence-corrected chi connectivity index (χ4v) is 6.53. The van der Waals surface area contributed by atoms with Crippen LogP contribution in [-0.4, -0.2) is 54.8 Å². The fraction of sp³-hybridized carbons (Fsp3) is 0.833. The number of phosphoric ester groups is 1. The molecule has 0 radical (unpaired) electrons. The molecule has 1 unspecified atom stereocenters. The van der Waals surface area contributed by atoms with Gasteiger partial charge in [0.1, 0.15) is 6.61 Å². The molecule has 0 spiro atoms. The molecule has 13 heteroatoms. The van der Waals surface area contributed by atoms with E-state index in [0.29, 0.717) is 12.8 Å². The maximum absolute atomic E-state index is 12.6. The second kappa shape index (κ2) is 41.1. The number of ether oxygens (including phenoxy) is 2. The molecule has 0 aliphatic carbocycles. The number of allylic oxidation sites excluding steroid dienone is 4. The molecule has 0 aromatic carbocycles. The second-order valence-electron chi connectivity index (χ2n) is 14.4. The molecule has 0 rings (SSSR count). The molecule has 0 amide bonds. The molecule has 0 saturated carbocycles. The summed E-state index contributed by atoms with van der Waals surface area (Å²) >= 11 is 0. The van der Waals surface area contributed by atoms with Gasteiger partial charge in [0.2, 0.25) is 0 Å². The predicted octanol–water partition coefficient (Wildman–Crippen LogP) is 6.73. The zero-order valence-electron chi connectivity index (χ0n) is 35.0. The number of carboxylic acids is 1. The quantitative estimate of drug-likeness (QED) is 0.0221. The molecule has 0 aromatic rings. The average molecular weight is 810 g/mol. The maximum atomic E-state index is 12.6. The molecule has 0 fully saturated rings. The number of nitrogens with two attached hydrogens (primary N) is 1. The standard InChI is InChI=1S/C42H78NO10P.Na/c1-3-5-7-9-11-13-15-17-19-21-23-25-27-29-31-33-40(44)50-35-38(36-51-54(48,49)52-37-39(43)42(46)47)53-41(45)34-32-30-28-26-24-22-20-18-16-14-12-10-8-6-4-2;/h17-20,38-39H,3-16,21-37,43H2,1-2H3,(H,46,47)(H,48,49);/q;+1/p-1/b19-17-,20-18-;/t38-,39+;/m1./s1. The van der Waals surface area contributed by atoms with Gasteiger partial charge in [-0.2, -0.15) is 0 Å². The van der Waals surface area contributed by atoms with Crippen molar-refractivity contribution in [3.8, 4) is 0 Å². The zero-order chi connectivity index (χ0) is 40.0. The Balaban J connectivity index is 0. The van der Waals surface area contributed by atoms with Crippen LogP contribution in [0.5, 0.6) is 0 Å². The number of carboxylic acid groups (broad SMARTS) is 1. The van der Waals surface area contributed by atoms with Gasteiger partial charge in [0.15, 0.2) is 6.10 Å². The summed E-state index contributed by atoms with van der Waals surface area (Å²) in [6.45, 7) is 2.69. The number of carbonyl (C=O) groups excluding carboxylic acids is 3. The van der Waals surface area contributed by atoms with E-state index in [2.05, 4.69) is 42.7 Å². The van der Waals surface area contributed by atoms with Gasteiger partial charge in [-0.1, -0.05) is 141 Å². The number of unbranched alkanes of at least 4 members (excludes halogenated alkanes) is 22. The van der Waals surface area contributed by atoms with Crippen molar-refractivity contribution >= 4 is 25.7 Å². The van der Waals surface area contributed by atoms with Crippen LogP contribution >= 0.6 is 7.82 Å². The van der Waals surface area contributed by atoms with Gasteiger partial charge in [0, 0.05) is 12.8 Å². The van der Waals surface area contributed by atoms with E-state index in [4.69, 9.17) is 19.7 Å². The van der Waals surface area contributed by atoms with Crippen molar-refractivity contribution in [2.24, 2.45) is 5.73 Å². The molecule has 0 aliphatic rings. The van der Waals surface area contributed by atoms with Crippen molar-refractivity contribution in [1.82, 2.24) is 0 Å². The molecule has 11 nitrogen and oxygen atoms in total. The van der Waals surface area contributed by atoms with Gasteiger partial charge < -0.3 is 30.0 Å². The van der Waals surface area contributed by atoms with Crippen molar-refractivity contribution in [3.63, 3.8) is 0 Å². The number of hydrogen-bond donors (Lipinski definition) is 2. The van der Waals surface area contributed by atoms with Crippen LogP contribution in [0.25, 0.3) is 0 Å². The maximum Gasteiger partial charge on any atom is 1.00 e. The van der Waals surface area contributed by atoms with Crippen molar-refractivity contribution in [2.75, 3.05) is 19.8 Å². The first-order valence-electron chi connectivity index (χ1n) is 21.3. The minimum absolute atomic E-state index is 0. The molecule has 0 heterocycles. The molecule has 3 atom stereocenters. The van der Waals surface area contributed by atoms with Gasteiger partial charge in [-0.25, -0.2) is 4.57 Å². The third kappa shape index (κ3) is 40.9. The summed E-state index contributed by atoms with van der Waals surface area (Å²) < 4.78 is 32.5. The van der Waals surface area contributed by atoms with Crippen LogP contribution < -0.4 is 40.4 Å². The molecule has 0 saturated heterocycles. The van der Waals surface area contributed by atoms with E-state index in [1.807, 2.05) is 0 Å². The molecule has 3 N–H and O–H groups in total. The molecule has 55 heavy (non-hydrogen) atoms. The number of rotatable bonds is 40. The molecular formula is C42H77NNaO10P. The SMILES string of the molecule is CCCCCCCC/C=C\CCCCCCCC(=O)OC[C@H](COP(=O)(O)OC[C@H](N)C(=O)[O-])OC(=O)CCCCCCC/C=C\CCCCCCCC.[Na+]. The summed E-state index contributed by atoms with van der Waals surface area (Å²) in [7, 11) is -4.74. The van der Waals surface area contributed by atoms with Crippen LogP contribution in [0.1, 0.15) is 194 Å². The first-order chi connectivity index (χ1) is 26.1. The Hall–Kier alpha value is -1.04. The zero-order valence-corrected chi connectivity index (χ0v) is 37.9. The van der Waals surface area contributed by atoms with Crippen LogP contribution in [0.15, 0.2) is 24.3 Å². The van der Waals surface area contributed by atoms with E-state index in [0.717, 1.165) is 77.0 Å². The van der Waals surface area contributed by atoms with Gasteiger partial charge in [0.25, 0.3) is 0 Å². The third-order valence-corrected chi connectivity index (χ3v) is 10.1. The summed E-state index contributed by atoms with van der Waals surface area (Å²) in [5.74, 6) is -2.66. The molecular weight excluding hydrogens is 732 g/mol. The van der Waals surface area contributed by atoms with Crippen LogP contribution in [0, 0.1) is 0 Å². The van der Waals surface area contributed by atoms with Crippen molar-refractivity contribution < 1.29 is 77.0 Å². The largest absolute Gasteiger partial charge is 1.00 e. The first kappa shape index (κ1) is 56.1. The summed E-state index contributed by atoms with van der Waals surface area (Å²) in [6.07, 6.45) is 38.0. The molecule has 0 aromatic heterocycles. The summed E-state index contributed by atoms with van der Waals surface area (Å²) in [5, 5.41) is 10.8. The number of aliphatic carboxylic acids is 1. The van der Waals surface area contributed by atoms with Crippen LogP contribution in [0.2, 0.25) is 0 Å². The monoisotopic (exact) mass is 810 g/mol. The average Bonchev–Trinajstić information content (AvgIpc) is 3.14. The predicted molar refractivity (Wildman–Crippen MR) is 214 cm³/mol. The van der Waals surface area contributed by atoms with E-state index in [9.17, 15) is 28.9 Å². The van der Waals surface area contributed by atoms with Gasteiger partial charge in [0.05, 0.1) is 25.2 Å². The number of phosphoric acid groups is 1. The Kier molecular flexibility index (Phi) is 41.9. The van der Waals surface area contributed by atoms with Gasteiger partial charge in [-0.05, 0) is 64.2 Å². The van der Waals surface area contributed by atoms with Gasteiger partial charge in [-0.3, -0.25) is 18.6 Å². The Morgan fingerprint density at radius 3 is 1.36 bits per heavy atom. The number of esters is 2. The molecule has 316 valence electrons. The smallest absolute Gasteiger partial charge is 0.548 e. The Bertz CT molecular complexity index is 1030. The normalized spacial score (nSPS) is 13.7. The summed E-state index contributed by atoms with van der Waals surface area (Å²) in [4.78, 5) is 45.7. The van der Waals surface area contributed by atoms with E-state index >= 15 is 0 Å². The van der Waals surface area contributed by atoms with E-state index in [1.54, 1.807) is 0 Å². The van der Waals surface area contributed by atoms with E-state index in [1.165, 1.54) is 77.0 Å². The Morgan fingerprint density at radius 1 is 0.582 bits per heavy atom. The van der Waals surface area contributed by atoms with Crippen molar-refractivity contribution in [2.45, 2.75) is 206 Å². The number of carbonyl (C=O) groups is 3. The Labute approximate surface area is 356 Å². The third-order valence-electron chi connectivity index (χ3n) is 9.16. The second-order valence-corrected chi connectivity index (χ2v) is 15.9. The van der Waals surface area contributed by atoms with Crippen LogP contribution in [0.3, 0.4) is 0 Å². The molecule has 0 aliphatic heterocycles. The fourth-order valence-electron chi connectivity index (χ4n) is 5.76. The van der Waals surface area contributed by atoms with Gasteiger partial charge >= 0.3 is 49.3 Å².